The van der Waals surface area contributed by atoms with Gasteiger partial charge in [0.2, 0.25) is 0 Å². The Balaban J connectivity index is 1.85. The number of carboxylic acids is 1. The summed E-state index contributed by atoms with van der Waals surface area (Å²) in [5.41, 5.74) is 1.25. The van der Waals surface area contributed by atoms with Crippen molar-refractivity contribution in [2.45, 2.75) is 19.4 Å². The molecule has 0 saturated carbocycles. The van der Waals surface area contributed by atoms with Crippen LogP contribution in [0.25, 0.3) is 6.08 Å². The first-order valence-electron chi connectivity index (χ1n) is 8.42. The molecule has 28 heavy (non-hydrogen) atoms. The highest BCUT2D eigenvalue weighted by Crippen LogP contribution is 2.38. The van der Waals surface area contributed by atoms with E-state index in [1.807, 2.05) is 0 Å². The van der Waals surface area contributed by atoms with Gasteiger partial charge >= 0.3 is 5.97 Å². The second-order valence-electron chi connectivity index (χ2n) is 5.89. The molecule has 0 radical (unpaired) electrons. The first-order valence-corrected chi connectivity index (χ1v) is 10.0. The summed E-state index contributed by atoms with van der Waals surface area (Å²) in [4.78, 5) is 25.9. The smallest absolute Gasteiger partial charge is 0.344 e. The second kappa shape index (κ2) is 8.77. The zero-order valence-electron chi connectivity index (χ0n) is 14.8. The first-order chi connectivity index (χ1) is 13.4. The molecule has 1 fully saturated rings. The minimum Gasteiger partial charge on any atom is -0.479 e. The molecule has 0 spiro atoms. The zero-order chi connectivity index (χ0) is 20.3. The van der Waals surface area contributed by atoms with E-state index in [1.165, 1.54) is 16.7 Å². The Morgan fingerprint density at radius 1 is 1.32 bits per heavy atom. The fourth-order valence-corrected chi connectivity index (χ4v) is 4.12. The highest BCUT2D eigenvalue weighted by molar-refractivity contribution is 8.27. The number of aliphatic carboxylic acids is 1. The van der Waals surface area contributed by atoms with Gasteiger partial charge in [-0.25, -0.2) is 4.79 Å². The Morgan fingerprint density at radius 3 is 2.75 bits per heavy atom. The third-order valence-electron chi connectivity index (χ3n) is 3.97. The predicted molar refractivity (Wildman–Crippen MR) is 116 cm³/mol. The molecule has 1 aliphatic rings. The van der Waals surface area contributed by atoms with Crippen LogP contribution in [0.4, 0.5) is 5.69 Å². The van der Waals surface area contributed by atoms with Crippen molar-refractivity contribution in [1.29, 1.82) is 0 Å². The minimum atomic E-state index is -1.02. The standard InChI is InChI=1S/C20H16ClNO4S2/c1-2-16(19(24)25)26-13-7-5-6-12(10-13)11-17-18(23)22(20(27)28-17)15-9-4-3-8-14(15)21/h3-11,16H,2H2,1H3,(H,24,25)/b17-11+. The molecule has 1 N–H and O–H groups in total. The van der Waals surface area contributed by atoms with Crippen molar-refractivity contribution in [3.63, 3.8) is 0 Å². The van der Waals surface area contributed by atoms with Crippen LogP contribution in [0.5, 0.6) is 5.75 Å². The van der Waals surface area contributed by atoms with Crippen LogP contribution in [-0.2, 0) is 9.59 Å². The molecule has 0 aromatic heterocycles. The van der Waals surface area contributed by atoms with Gasteiger partial charge in [-0.2, -0.15) is 0 Å². The molecule has 144 valence electrons. The summed E-state index contributed by atoms with van der Waals surface area (Å²) in [6.45, 7) is 1.74. The summed E-state index contributed by atoms with van der Waals surface area (Å²) in [7, 11) is 0. The van der Waals surface area contributed by atoms with Crippen LogP contribution in [0.15, 0.2) is 53.4 Å². The molecule has 1 atom stereocenters. The number of hydrogen-bond donors (Lipinski definition) is 1. The number of carbonyl (C=O) groups excluding carboxylic acids is 1. The van der Waals surface area contributed by atoms with E-state index in [2.05, 4.69) is 0 Å². The number of thiocarbonyl (C=S) groups is 1. The van der Waals surface area contributed by atoms with Gasteiger partial charge in [0.05, 0.1) is 15.6 Å². The lowest BCUT2D eigenvalue weighted by atomic mass is 10.2. The van der Waals surface area contributed by atoms with Gasteiger partial charge < -0.3 is 9.84 Å². The number of thioether (sulfide) groups is 1. The number of carboxylic acid groups (broad SMARTS) is 1. The summed E-state index contributed by atoms with van der Waals surface area (Å²) in [6.07, 6.45) is 1.12. The quantitative estimate of drug-likeness (QED) is 0.511. The fraction of sp³-hybridized carbons (Fsp3) is 0.150. The van der Waals surface area contributed by atoms with Crippen molar-refractivity contribution >= 4 is 63.5 Å². The molecular formula is C20H16ClNO4S2. The van der Waals surface area contributed by atoms with Gasteiger partial charge in [0.15, 0.2) is 10.4 Å². The van der Waals surface area contributed by atoms with Crippen LogP contribution in [0.3, 0.4) is 0 Å². The molecule has 1 saturated heterocycles. The summed E-state index contributed by atoms with van der Waals surface area (Å²) in [6, 6.07) is 13.9. The molecule has 0 aliphatic carbocycles. The summed E-state index contributed by atoms with van der Waals surface area (Å²) in [5.74, 6) is -0.857. The zero-order valence-corrected chi connectivity index (χ0v) is 17.2. The highest BCUT2D eigenvalue weighted by atomic mass is 35.5. The second-order valence-corrected chi connectivity index (χ2v) is 7.98. The van der Waals surface area contributed by atoms with Gasteiger partial charge in [0, 0.05) is 0 Å². The van der Waals surface area contributed by atoms with Gasteiger partial charge in [0.25, 0.3) is 5.91 Å². The molecule has 3 rings (SSSR count). The van der Waals surface area contributed by atoms with E-state index in [9.17, 15) is 9.59 Å². The average molecular weight is 434 g/mol. The third-order valence-corrected chi connectivity index (χ3v) is 5.59. The maximum atomic E-state index is 12.9. The third kappa shape index (κ3) is 4.38. The van der Waals surface area contributed by atoms with E-state index in [0.717, 1.165) is 0 Å². The monoisotopic (exact) mass is 433 g/mol. The minimum absolute atomic E-state index is 0.258. The van der Waals surface area contributed by atoms with Gasteiger partial charge in [-0.05, 0) is 42.3 Å². The lowest BCUT2D eigenvalue weighted by Gasteiger charge is -2.15. The Hall–Kier alpha value is -2.35. The Labute approximate surface area is 176 Å². The Kier molecular flexibility index (Phi) is 6.39. The van der Waals surface area contributed by atoms with Crippen LogP contribution in [0, 0.1) is 0 Å². The van der Waals surface area contributed by atoms with Gasteiger partial charge in [-0.15, -0.1) is 0 Å². The number of carbonyl (C=O) groups is 2. The van der Waals surface area contributed by atoms with Crippen LogP contribution in [-0.4, -0.2) is 27.4 Å². The molecule has 2 aromatic rings. The van der Waals surface area contributed by atoms with Crippen LogP contribution in [0.2, 0.25) is 5.02 Å². The van der Waals surface area contributed by atoms with Crippen molar-refractivity contribution in [3.05, 3.63) is 64.0 Å². The van der Waals surface area contributed by atoms with E-state index < -0.39 is 12.1 Å². The topological polar surface area (TPSA) is 66.8 Å². The highest BCUT2D eigenvalue weighted by Gasteiger charge is 2.34. The average Bonchev–Trinajstić information content (AvgIpc) is 2.93. The van der Waals surface area contributed by atoms with Crippen LogP contribution < -0.4 is 9.64 Å². The number of ether oxygens (including phenoxy) is 1. The van der Waals surface area contributed by atoms with Gasteiger partial charge in [0.1, 0.15) is 5.75 Å². The number of nitrogens with zero attached hydrogens (tertiary/aromatic N) is 1. The van der Waals surface area contributed by atoms with Crippen molar-refractivity contribution in [3.8, 4) is 5.75 Å². The summed E-state index contributed by atoms with van der Waals surface area (Å²) >= 11 is 12.7. The maximum Gasteiger partial charge on any atom is 0.344 e. The van der Waals surface area contributed by atoms with Gasteiger partial charge in [-0.1, -0.05) is 66.8 Å². The Morgan fingerprint density at radius 2 is 2.07 bits per heavy atom. The van der Waals surface area contributed by atoms with Crippen molar-refractivity contribution in [2.24, 2.45) is 0 Å². The van der Waals surface area contributed by atoms with Crippen molar-refractivity contribution < 1.29 is 19.4 Å². The van der Waals surface area contributed by atoms with E-state index in [-0.39, 0.29) is 5.91 Å². The number of anilines is 1. The first kappa shape index (κ1) is 20.4. The van der Waals surface area contributed by atoms with Crippen LogP contribution >= 0.6 is 35.6 Å². The molecule has 1 heterocycles. The number of amides is 1. The number of benzene rings is 2. The normalized spacial score (nSPS) is 16.5. The lowest BCUT2D eigenvalue weighted by molar-refractivity contribution is -0.145. The lowest BCUT2D eigenvalue weighted by Crippen LogP contribution is -2.27. The summed E-state index contributed by atoms with van der Waals surface area (Å²) in [5, 5.41) is 9.58. The van der Waals surface area contributed by atoms with Crippen molar-refractivity contribution in [2.75, 3.05) is 4.90 Å². The molecule has 0 bridgehead atoms. The van der Waals surface area contributed by atoms with E-state index in [0.29, 0.717) is 37.7 Å². The van der Waals surface area contributed by atoms with E-state index >= 15 is 0 Å². The largest absolute Gasteiger partial charge is 0.479 e. The van der Waals surface area contributed by atoms with Crippen molar-refractivity contribution in [1.82, 2.24) is 0 Å². The predicted octanol–water partition coefficient (Wildman–Crippen LogP) is 4.99. The molecule has 1 unspecified atom stereocenters. The Bertz CT molecular complexity index is 976. The number of halogens is 1. The number of para-hydroxylation sites is 1. The van der Waals surface area contributed by atoms with E-state index in [1.54, 1.807) is 61.5 Å². The molecular weight excluding hydrogens is 418 g/mol. The summed E-state index contributed by atoms with van der Waals surface area (Å²) < 4.78 is 5.91. The van der Waals surface area contributed by atoms with E-state index in [4.69, 9.17) is 33.7 Å². The molecule has 8 heteroatoms. The molecule has 5 nitrogen and oxygen atoms in total. The molecule has 2 aromatic carbocycles. The molecule has 1 aliphatic heterocycles. The van der Waals surface area contributed by atoms with Gasteiger partial charge in [-0.3, -0.25) is 9.69 Å². The maximum absolute atomic E-state index is 12.9. The molecule has 1 amide bonds. The SMILES string of the molecule is CCC(Oc1cccc(/C=C2/SC(=S)N(c3ccccc3Cl)C2=O)c1)C(=O)O. The number of rotatable bonds is 6. The number of hydrogen-bond acceptors (Lipinski definition) is 5. The fourth-order valence-electron chi connectivity index (χ4n) is 2.61. The van der Waals surface area contributed by atoms with Crippen LogP contribution in [0.1, 0.15) is 18.9 Å².